The van der Waals surface area contributed by atoms with E-state index in [1.54, 1.807) is 0 Å². The van der Waals surface area contributed by atoms with Crippen LogP contribution in [0.4, 0.5) is 0 Å². The first-order chi connectivity index (χ1) is 7.59. The fourth-order valence-electron chi connectivity index (χ4n) is 3.38. The Kier molecular flexibility index (Phi) is 5.07. The third kappa shape index (κ3) is 5.71. The summed E-state index contributed by atoms with van der Waals surface area (Å²) in [5.41, 5.74) is 1.40. The maximum Gasteiger partial charge on any atom is 0.184 e. The summed E-state index contributed by atoms with van der Waals surface area (Å²) in [6.45, 7) is 17.0. The molecule has 102 valence electrons. The standard InChI is InChI=1S/C14H32OSi2/c1-12-8-9-14(10-13(12)2)15-17(6,7)11-16(3,4)5/h12-14H,8-11H2,1-7H3. The molecule has 3 heteroatoms. The number of hydrogen-bond acceptors (Lipinski definition) is 1. The van der Waals surface area contributed by atoms with Gasteiger partial charge in [-0.3, -0.25) is 0 Å². The fourth-order valence-corrected chi connectivity index (χ4v) is 15.0. The summed E-state index contributed by atoms with van der Waals surface area (Å²) in [5.74, 6) is 1.75. The highest BCUT2D eigenvalue weighted by Gasteiger charge is 2.34. The molecule has 1 aliphatic carbocycles. The van der Waals surface area contributed by atoms with Crippen LogP contribution in [0.25, 0.3) is 0 Å². The molecule has 3 unspecified atom stereocenters. The van der Waals surface area contributed by atoms with Crippen molar-refractivity contribution >= 4 is 16.4 Å². The van der Waals surface area contributed by atoms with Crippen LogP contribution in [0.2, 0.25) is 38.4 Å². The lowest BCUT2D eigenvalue weighted by atomic mass is 9.80. The molecule has 0 radical (unpaired) electrons. The average molecular weight is 273 g/mol. The van der Waals surface area contributed by atoms with Crippen molar-refractivity contribution in [2.45, 2.75) is 77.6 Å². The average Bonchev–Trinajstić information content (AvgIpc) is 2.06. The van der Waals surface area contributed by atoms with Crippen LogP contribution in [0.1, 0.15) is 33.1 Å². The first-order valence-electron chi connectivity index (χ1n) is 7.27. The molecule has 1 nitrogen and oxygen atoms in total. The van der Waals surface area contributed by atoms with Crippen molar-refractivity contribution < 1.29 is 4.43 Å². The van der Waals surface area contributed by atoms with E-state index in [1.807, 2.05) is 0 Å². The van der Waals surface area contributed by atoms with E-state index in [-0.39, 0.29) is 0 Å². The van der Waals surface area contributed by atoms with E-state index in [1.165, 1.54) is 24.9 Å². The molecule has 1 rings (SSSR count). The molecule has 17 heavy (non-hydrogen) atoms. The largest absolute Gasteiger partial charge is 0.415 e. The van der Waals surface area contributed by atoms with Crippen molar-refractivity contribution in [2.75, 3.05) is 0 Å². The molecule has 0 aliphatic heterocycles. The fraction of sp³-hybridized carbons (Fsp3) is 1.00. The van der Waals surface area contributed by atoms with Crippen molar-refractivity contribution in [1.82, 2.24) is 0 Å². The molecule has 0 saturated heterocycles. The second-order valence-electron chi connectivity index (χ2n) is 8.00. The van der Waals surface area contributed by atoms with Crippen LogP contribution in [-0.2, 0) is 4.43 Å². The van der Waals surface area contributed by atoms with Gasteiger partial charge >= 0.3 is 0 Å². The van der Waals surface area contributed by atoms with E-state index in [4.69, 9.17) is 4.43 Å². The minimum absolute atomic E-state index is 0.569. The smallest absolute Gasteiger partial charge is 0.184 e. The maximum absolute atomic E-state index is 6.55. The SMILES string of the molecule is CC1CCC(O[Si](C)(C)C[Si](C)(C)C)CC1C. The summed E-state index contributed by atoms with van der Waals surface area (Å²) in [6.07, 6.45) is 4.53. The summed E-state index contributed by atoms with van der Waals surface area (Å²) in [5, 5.41) is 0. The Labute approximate surface area is 110 Å². The van der Waals surface area contributed by atoms with Crippen molar-refractivity contribution in [3.8, 4) is 0 Å². The molecule has 0 aromatic rings. The zero-order chi connectivity index (χ0) is 13.3. The maximum atomic E-state index is 6.55. The lowest BCUT2D eigenvalue weighted by molar-refractivity contribution is 0.0943. The Morgan fingerprint density at radius 1 is 0.941 bits per heavy atom. The van der Waals surface area contributed by atoms with E-state index >= 15 is 0 Å². The molecule has 0 aromatic carbocycles. The van der Waals surface area contributed by atoms with Gasteiger partial charge in [0.15, 0.2) is 8.32 Å². The lowest BCUT2D eigenvalue weighted by Crippen LogP contribution is -2.44. The molecule has 0 heterocycles. The molecule has 0 aromatic heterocycles. The van der Waals surface area contributed by atoms with Crippen LogP contribution in [0.3, 0.4) is 0 Å². The normalized spacial score (nSPS) is 31.6. The molecule has 3 atom stereocenters. The highest BCUT2D eigenvalue weighted by atomic mass is 28.4. The van der Waals surface area contributed by atoms with Crippen molar-refractivity contribution in [3.63, 3.8) is 0 Å². The zero-order valence-electron chi connectivity index (χ0n) is 13.0. The first-order valence-corrected chi connectivity index (χ1v) is 14.1. The van der Waals surface area contributed by atoms with Gasteiger partial charge in [-0.25, -0.2) is 0 Å². The lowest BCUT2D eigenvalue weighted by Gasteiger charge is -2.38. The van der Waals surface area contributed by atoms with Crippen LogP contribution in [-0.4, -0.2) is 22.5 Å². The Morgan fingerprint density at radius 2 is 1.53 bits per heavy atom. The van der Waals surface area contributed by atoms with Crippen LogP contribution in [0.15, 0.2) is 0 Å². The monoisotopic (exact) mass is 272 g/mol. The Bertz CT molecular complexity index is 245. The minimum atomic E-state index is -1.42. The van der Waals surface area contributed by atoms with Gasteiger partial charge in [-0.1, -0.05) is 33.5 Å². The van der Waals surface area contributed by atoms with Gasteiger partial charge < -0.3 is 4.43 Å². The third-order valence-corrected chi connectivity index (χ3v) is 12.6. The molecule has 1 fully saturated rings. The van der Waals surface area contributed by atoms with Gasteiger partial charge in [-0.05, 0) is 49.9 Å². The van der Waals surface area contributed by atoms with Crippen molar-refractivity contribution in [3.05, 3.63) is 0 Å². The molecule has 1 saturated carbocycles. The molecule has 1 aliphatic rings. The highest BCUT2D eigenvalue weighted by molar-refractivity contribution is 6.92. The predicted octanol–water partition coefficient (Wildman–Crippen LogP) is 4.91. The summed E-state index contributed by atoms with van der Waals surface area (Å²) >= 11 is 0. The van der Waals surface area contributed by atoms with Gasteiger partial charge in [0.25, 0.3) is 0 Å². The molecule has 0 spiro atoms. The second-order valence-corrected chi connectivity index (χ2v) is 18.3. The van der Waals surface area contributed by atoms with E-state index in [9.17, 15) is 0 Å². The molecule has 0 bridgehead atoms. The van der Waals surface area contributed by atoms with Crippen molar-refractivity contribution in [2.24, 2.45) is 11.8 Å². The first kappa shape index (κ1) is 15.5. The third-order valence-electron chi connectivity index (χ3n) is 3.99. The molecule has 0 amide bonds. The van der Waals surface area contributed by atoms with E-state index in [2.05, 4.69) is 46.6 Å². The van der Waals surface area contributed by atoms with Gasteiger partial charge in [0.05, 0.1) is 0 Å². The van der Waals surface area contributed by atoms with E-state index < -0.39 is 16.4 Å². The van der Waals surface area contributed by atoms with Crippen LogP contribution in [0.5, 0.6) is 0 Å². The van der Waals surface area contributed by atoms with Crippen molar-refractivity contribution in [1.29, 1.82) is 0 Å². The van der Waals surface area contributed by atoms with E-state index in [0.717, 1.165) is 11.8 Å². The molecular formula is C14H32OSi2. The van der Waals surface area contributed by atoms with Gasteiger partial charge in [0, 0.05) is 14.2 Å². The highest BCUT2D eigenvalue weighted by Crippen LogP contribution is 2.33. The quantitative estimate of drug-likeness (QED) is 0.661. The Hall–Kier alpha value is 0.394. The van der Waals surface area contributed by atoms with Crippen LogP contribution >= 0.6 is 0 Å². The van der Waals surface area contributed by atoms with Gasteiger partial charge in [-0.15, -0.1) is 0 Å². The molecular weight excluding hydrogens is 240 g/mol. The summed E-state index contributed by atoms with van der Waals surface area (Å²) in [6, 6.07) is 0. The van der Waals surface area contributed by atoms with Crippen LogP contribution < -0.4 is 0 Å². The Morgan fingerprint density at radius 3 is 2.00 bits per heavy atom. The van der Waals surface area contributed by atoms with E-state index in [0.29, 0.717) is 6.10 Å². The zero-order valence-corrected chi connectivity index (χ0v) is 15.0. The Balaban J connectivity index is 2.48. The summed E-state index contributed by atoms with van der Waals surface area (Å²) in [7, 11) is -2.39. The van der Waals surface area contributed by atoms with Crippen LogP contribution in [0, 0.1) is 11.8 Å². The molecule has 0 N–H and O–H groups in total. The van der Waals surface area contributed by atoms with Gasteiger partial charge in [0.1, 0.15) is 0 Å². The number of hydrogen-bond donors (Lipinski definition) is 0. The van der Waals surface area contributed by atoms with Gasteiger partial charge in [0.2, 0.25) is 0 Å². The van der Waals surface area contributed by atoms with Gasteiger partial charge in [-0.2, -0.15) is 0 Å². The summed E-state index contributed by atoms with van der Waals surface area (Å²) < 4.78 is 6.55. The second kappa shape index (κ2) is 5.58. The number of rotatable bonds is 4. The summed E-state index contributed by atoms with van der Waals surface area (Å²) in [4.78, 5) is 0. The topological polar surface area (TPSA) is 9.23 Å². The predicted molar refractivity (Wildman–Crippen MR) is 82.7 cm³/mol. The minimum Gasteiger partial charge on any atom is -0.415 e.